The molecule has 0 aliphatic carbocycles. The summed E-state index contributed by atoms with van der Waals surface area (Å²) in [5.74, 6) is 0. The second-order valence-corrected chi connectivity index (χ2v) is 5.45. The second-order valence-electron chi connectivity index (χ2n) is 4.16. The van der Waals surface area contributed by atoms with Crippen LogP contribution in [0.4, 0.5) is 0 Å². The third kappa shape index (κ3) is 4.86. The van der Waals surface area contributed by atoms with E-state index >= 15 is 0 Å². The van der Waals surface area contributed by atoms with Gasteiger partial charge in [0.2, 0.25) is 0 Å². The molecule has 1 rings (SSSR count). The molecule has 0 fully saturated rings. The van der Waals surface area contributed by atoms with E-state index < -0.39 is 0 Å². The van der Waals surface area contributed by atoms with Gasteiger partial charge >= 0.3 is 0 Å². The van der Waals surface area contributed by atoms with E-state index in [1.165, 1.54) is 24.8 Å². The first-order valence-corrected chi connectivity index (χ1v) is 6.98. The maximum absolute atomic E-state index is 5.97. The normalized spacial score (nSPS) is 12.8. The van der Waals surface area contributed by atoms with Crippen molar-refractivity contribution in [3.63, 3.8) is 0 Å². The van der Waals surface area contributed by atoms with E-state index in [9.17, 15) is 0 Å². The van der Waals surface area contributed by atoms with Gasteiger partial charge in [0.05, 0.1) is 0 Å². The molecular weight excluding hydrogens is 286 g/mol. The first-order chi connectivity index (χ1) is 7.63. The molecule has 1 aromatic rings. The summed E-state index contributed by atoms with van der Waals surface area (Å²) in [4.78, 5) is 0. The Morgan fingerprint density at radius 3 is 2.88 bits per heavy atom. The van der Waals surface area contributed by atoms with Crippen LogP contribution in [0, 0.1) is 0 Å². The molecule has 0 aliphatic rings. The topological polar surface area (TPSA) is 12.0 Å². The summed E-state index contributed by atoms with van der Waals surface area (Å²) >= 11 is 9.50. The molecule has 90 valence electrons. The second kappa shape index (κ2) is 7.31. The van der Waals surface area contributed by atoms with Crippen molar-refractivity contribution >= 4 is 27.5 Å². The highest BCUT2D eigenvalue weighted by atomic mass is 79.9. The van der Waals surface area contributed by atoms with E-state index in [1.807, 2.05) is 18.2 Å². The highest BCUT2D eigenvalue weighted by molar-refractivity contribution is 9.10. The molecule has 0 aliphatic heterocycles. The van der Waals surface area contributed by atoms with Crippen molar-refractivity contribution in [3.8, 4) is 0 Å². The first-order valence-electron chi connectivity index (χ1n) is 5.80. The number of unbranched alkanes of at least 4 members (excludes halogenated alkanes) is 1. The van der Waals surface area contributed by atoms with Crippen molar-refractivity contribution in [2.75, 3.05) is 0 Å². The summed E-state index contributed by atoms with van der Waals surface area (Å²) < 4.78 is 1.12. The summed E-state index contributed by atoms with van der Waals surface area (Å²) in [5.41, 5.74) is 1.22. The van der Waals surface area contributed by atoms with Gasteiger partial charge in [-0.3, -0.25) is 0 Å². The quantitative estimate of drug-likeness (QED) is 0.798. The summed E-state index contributed by atoms with van der Waals surface area (Å²) in [6.07, 6.45) is 3.77. The van der Waals surface area contributed by atoms with Crippen LogP contribution in [0.15, 0.2) is 22.7 Å². The van der Waals surface area contributed by atoms with Crippen molar-refractivity contribution < 1.29 is 0 Å². The average molecular weight is 305 g/mol. The zero-order valence-corrected chi connectivity index (χ0v) is 12.2. The molecule has 1 N–H and O–H groups in total. The van der Waals surface area contributed by atoms with Crippen molar-refractivity contribution in [2.24, 2.45) is 0 Å². The fourth-order valence-electron chi connectivity index (χ4n) is 1.58. The maximum atomic E-state index is 5.97. The van der Waals surface area contributed by atoms with E-state index in [-0.39, 0.29) is 0 Å². The number of nitrogens with one attached hydrogen (secondary N) is 1. The predicted octanol–water partition coefficient (Wildman–Crippen LogP) is 4.77. The van der Waals surface area contributed by atoms with Crippen molar-refractivity contribution in [2.45, 2.75) is 45.7 Å². The van der Waals surface area contributed by atoms with Crippen LogP contribution in [0.1, 0.15) is 38.7 Å². The van der Waals surface area contributed by atoms with E-state index in [0.29, 0.717) is 6.04 Å². The summed E-state index contributed by atoms with van der Waals surface area (Å²) in [7, 11) is 0. The SMILES string of the molecule is CCCCC(C)NCc1cc(Cl)ccc1Br. The van der Waals surface area contributed by atoms with Gasteiger partial charge in [0.25, 0.3) is 0 Å². The number of halogens is 2. The van der Waals surface area contributed by atoms with Gasteiger partial charge in [-0.15, -0.1) is 0 Å². The van der Waals surface area contributed by atoms with Gasteiger partial charge in [0.15, 0.2) is 0 Å². The minimum atomic E-state index is 0.561. The number of hydrogen-bond acceptors (Lipinski definition) is 1. The standard InChI is InChI=1S/C13H19BrClN/c1-3-4-5-10(2)16-9-11-8-12(15)6-7-13(11)14/h6-8,10,16H,3-5,9H2,1-2H3. The largest absolute Gasteiger partial charge is 0.310 e. The van der Waals surface area contributed by atoms with Gasteiger partial charge in [-0.2, -0.15) is 0 Å². The van der Waals surface area contributed by atoms with Gasteiger partial charge in [-0.1, -0.05) is 47.3 Å². The predicted molar refractivity (Wildman–Crippen MR) is 75.0 cm³/mol. The van der Waals surface area contributed by atoms with E-state index in [2.05, 4.69) is 35.1 Å². The Balaban J connectivity index is 2.44. The van der Waals surface area contributed by atoms with Gasteiger partial charge in [0, 0.05) is 22.1 Å². The lowest BCUT2D eigenvalue weighted by Gasteiger charge is -2.14. The van der Waals surface area contributed by atoms with Crippen LogP contribution in [0.5, 0.6) is 0 Å². The Hall–Kier alpha value is -0.0500. The van der Waals surface area contributed by atoms with Gasteiger partial charge in [-0.25, -0.2) is 0 Å². The molecule has 0 heterocycles. The minimum Gasteiger partial charge on any atom is -0.310 e. The molecule has 1 aromatic carbocycles. The van der Waals surface area contributed by atoms with Crippen LogP contribution in [-0.2, 0) is 6.54 Å². The van der Waals surface area contributed by atoms with Gasteiger partial charge in [-0.05, 0) is 37.1 Å². The van der Waals surface area contributed by atoms with Crippen LogP contribution in [-0.4, -0.2) is 6.04 Å². The molecule has 1 atom stereocenters. The van der Waals surface area contributed by atoms with Crippen LogP contribution in [0.25, 0.3) is 0 Å². The molecule has 0 bridgehead atoms. The number of rotatable bonds is 6. The molecule has 0 saturated carbocycles. The lowest BCUT2D eigenvalue weighted by atomic mass is 10.1. The zero-order valence-electron chi connectivity index (χ0n) is 9.89. The Kier molecular flexibility index (Phi) is 6.40. The number of hydrogen-bond donors (Lipinski definition) is 1. The highest BCUT2D eigenvalue weighted by Crippen LogP contribution is 2.21. The van der Waals surface area contributed by atoms with Crippen molar-refractivity contribution in [3.05, 3.63) is 33.3 Å². The lowest BCUT2D eigenvalue weighted by molar-refractivity contribution is 0.494. The minimum absolute atomic E-state index is 0.561. The van der Waals surface area contributed by atoms with Crippen LogP contribution in [0.2, 0.25) is 5.02 Å². The molecule has 0 saturated heterocycles. The smallest absolute Gasteiger partial charge is 0.0410 e. The van der Waals surface area contributed by atoms with Crippen molar-refractivity contribution in [1.82, 2.24) is 5.32 Å². The molecule has 0 radical (unpaired) electrons. The number of benzene rings is 1. The lowest BCUT2D eigenvalue weighted by Crippen LogP contribution is -2.25. The maximum Gasteiger partial charge on any atom is 0.0410 e. The Morgan fingerprint density at radius 2 is 2.19 bits per heavy atom. The van der Waals surface area contributed by atoms with Crippen LogP contribution < -0.4 is 5.32 Å². The fourth-order valence-corrected chi connectivity index (χ4v) is 2.16. The summed E-state index contributed by atoms with van der Waals surface area (Å²) in [5, 5.41) is 4.31. The first kappa shape index (κ1) is 14.0. The molecular formula is C13H19BrClN. The Bertz CT molecular complexity index is 328. The molecule has 3 heteroatoms. The monoisotopic (exact) mass is 303 g/mol. The molecule has 0 spiro atoms. The molecule has 0 aromatic heterocycles. The Labute approximate surface area is 112 Å². The van der Waals surface area contributed by atoms with E-state index in [0.717, 1.165) is 16.0 Å². The summed E-state index contributed by atoms with van der Waals surface area (Å²) in [6, 6.07) is 6.46. The third-order valence-corrected chi connectivity index (χ3v) is 3.65. The highest BCUT2D eigenvalue weighted by Gasteiger charge is 2.04. The third-order valence-electron chi connectivity index (χ3n) is 2.64. The Morgan fingerprint density at radius 1 is 1.44 bits per heavy atom. The van der Waals surface area contributed by atoms with Crippen molar-refractivity contribution in [1.29, 1.82) is 0 Å². The van der Waals surface area contributed by atoms with Crippen LogP contribution >= 0.6 is 27.5 Å². The molecule has 16 heavy (non-hydrogen) atoms. The van der Waals surface area contributed by atoms with E-state index in [4.69, 9.17) is 11.6 Å². The molecule has 1 unspecified atom stereocenters. The fraction of sp³-hybridized carbons (Fsp3) is 0.538. The zero-order chi connectivity index (χ0) is 12.0. The molecule has 0 amide bonds. The van der Waals surface area contributed by atoms with E-state index in [1.54, 1.807) is 0 Å². The molecule has 1 nitrogen and oxygen atoms in total. The average Bonchev–Trinajstić information content (AvgIpc) is 2.27. The van der Waals surface area contributed by atoms with Gasteiger partial charge < -0.3 is 5.32 Å². The summed E-state index contributed by atoms with van der Waals surface area (Å²) in [6.45, 7) is 5.32. The van der Waals surface area contributed by atoms with Crippen LogP contribution in [0.3, 0.4) is 0 Å². The van der Waals surface area contributed by atoms with Gasteiger partial charge in [0.1, 0.15) is 0 Å².